The first-order valence-corrected chi connectivity index (χ1v) is 10.9. The number of guanidine groups is 1. The van der Waals surface area contributed by atoms with Gasteiger partial charge in [-0.3, -0.25) is 4.79 Å². The number of nitrogens with one attached hydrogen (secondary N) is 2. The van der Waals surface area contributed by atoms with Crippen LogP contribution in [0.2, 0.25) is 0 Å². The standard InChI is InChI=1S/C21H28FN5OS.HI/c1-2-23-21(25-15-17-8-14-29-16-17)24-9-7-20(28)27-12-10-26(11-13-27)19-5-3-18(22)4-6-19;/h3-6,8,14,16H,2,7,9-13,15H2,1H3,(H2,23,24,25);1H. The van der Waals surface area contributed by atoms with Crippen molar-refractivity contribution in [3.8, 4) is 0 Å². The number of anilines is 1. The number of benzene rings is 1. The third-order valence-electron chi connectivity index (χ3n) is 4.80. The highest BCUT2D eigenvalue weighted by Gasteiger charge is 2.21. The van der Waals surface area contributed by atoms with Crippen molar-refractivity contribution < 1.29 is 9.18 Å². The van der Waals surface area contributed by atoms with Gasteiger partial charge in [0.1, 0.15) is 5.82 Å². The maximum atomic E-state index is 13.1. The molecule has 0 saturated carbocycles. The number of hydrogen-bond acceptors (Lipinski definition) is 4. The lowest BCUT2D eigenvalue weighted by Gasteiger charge is -2.36. The average Bonchev–Trinajstić information content (AvgIpc) is 3.26. The average molecular weight is 545 g/mol. The molecule has 2 heterocycles. The molecule has 0 aliphatic carbocycles. The predicted molar refractivity (Wildman–Crippen MR) is 132 cm³/mol. The zero-order valence-electron chi connectivity index (χ0n) is 17.1. The molecule has 0 atom stereocenters. The van der Waals surface area contributed by atoms with Gasteiger partial charge in [0.15, 0.2) is 5.96 Å². The van der Waals surface area contributed by atoms with E-state index in [4.69, 9.17) is 0 Å². The van der Waals surface area contributed by atoms with Gasteiger partial charge in [0.05, 0.1) is 6.54 Å². The molecule has 9 heteroatoms. The number of amides is 1. The number of rotatable bonds is 7. The van der Waals surface area contributed by atoms with Crippen LogP contribution < -0.4 is 15.5 Å². The fourth-order valence-electron chi connectivity index (χ4n) is 3.21. The van der Waals surface area contributed by atoms with Gasteiger partial charge in [0.2, 0.25) is 5.91 Å². The lowest BCUT2D eigenvalue weighted by atomic mass is 10.2. The summed E-state index contributed by atoms with van der Waals surface area (Å²) in [6.07, 6.45) is 0.430. The molecule has 2 aromatic rings. The lowest BCUT2D eigenvalue weighted by Crippen LogP contribution is -2.49. The van der Waals surface area contributed by atoms with Gasteiger partial charge in [-0.05, 0) is 53.6 Å². The Bertz CT molecular complexity index is 792. The van der Waals surface area contributed by atoms with Crippen LogP contribution in [0.3, 0.4) is 0 Å². The van der Waals surface area contributed by atoms with Crippen molar-refractivity contribution in [1.29, 1.82) is 0 Å². The molecule has 0 unspecified atom stereocenters. The monoisotopic (exact) mass is 545 g/mol. The second kappa shape index (κ2) is 12.7. The Morgan fingerprint density at radius 1 is 1.13 bits per heavy atom. The van der Waals surface area contributed by atoms with Crippen molar-refractivity contribution >= 4 is 52.9 Å². The van der Waals surface area contributed by atoms with E-state index in [1.54, 1.807) is 23.5 Å². The lowest BCUT2D eigenvalue weighted by molar-refractivity contribution is -0.131. The minimum atomic E-state index is -0.231. The number of thiophene rings is 1. The summed E-state index contributed by atoms with van der Waals surface area (Å²) in [5, 5.41) is 10.6. The molecular weight excluding hydrogens is 516 g/mol. The highest BCUT2D eigenvalue weighted by Crippen LogP contribution is 2.17. The summed E-state index contributed by atoms with van der Waals surface area (Å²) in [6, 6.07) is 8.58. The second-order valence-electron chi connectivity index (χ2n) is 6.85. The SMILES string of the molecule is CCNC(=NCc1ccsc1)NCCC(=O)N1CCN(c2ccc(F)cc2)CC1.I. The van der Waals surface area contributed by atoms with E-state index in [-0.39, 0.29) is 35.7 Å². The Labute approximate surface area is 198 Å². The summed E-state index contributed by atoms with van der Waals surface area (Å²) in [5.74, 6) is 0.642. The van der Waals surface area contributed by atoms with Crippen LogP contribution in [0.15, 0.2) is 46.1 Å². The fourth-order valence-corrected chi connectivity index (χ4v) is 3.87. The van der Waals surface area contributed by atoms with Crippen molar-refractivity contribution in [2.24, 2.45) is 4.99 Å². The van der Waals surface area contributed by atoms with Gasteiger partial charge in [-0.1, -0.05) is 0 Å². The second-order valence-corrected chi connectivity index (χ2v) is 7.63. The third-order valence-corrected chi connectivity index (χ3v) is 5.53. The van der Waals surface area contributed by atoms with E-state index >= 15 is 0 Å². The Balaban J connectivity index is 0.00000320. The summed E-state index contributed by atoms with van der Waals surface area (Å²) in [7, 11) is 0. The van der Waals surface area contributed by atoms with Crippen LogP contribution in [0.4, 0.5) is 10.1 Å². The molecule has 6 nitrogen and oxygen atoms in total. The zero-order valence-corrected chi connectivity index (χ0v) is 20.3. The van der Waals surface area contributed by atoms with Crippen LogP contribution in [0.5, 0.6) is 0 Å². The van der Waals surface area contributed by atoms with Crippen molar-refractivity contribution in [2.75, 3.05) is 44.2 Å². The van der Waals surface area contributed by atoms with Crippen LogP contribution in [0.1, 0.15) is 18.9 Å². The minimum Gasteiger partial charge on any atom is -0.368 e. The summed E-state index contributed by atoms with van der Waals surface area (Å²) in [6.45, 7) is 6.85. The number of nitrogens with zero attached hydrogens (tertiary/aromatic N) is 3. The first-order chi connectivity index (χ1) is 14.2. The minimum absolute atomic E-state index is 0. The van der Waals surface area contributed by atoms with Crippen molar-refractivity contribution in [1.82, 2.24) is 15.5 Å². The molecule has 1 fully saturated rings. The Hall–Kier alpha value is -1.88. The molecule has 164 valence electrons. The number of piperazine rings is 1. The molecule has 2 N–H and O–H groups in total. The molecule has 1 aromatic heterocycles. The third kappa shape index (κ3) is 7.42. The van der Waals surface area contributed by atoms with Gasteiger partial charge in [0, 0.05) is 51.4 Å². The summed E-state index contributed by atoms with van der Waals surface area (Å²) >= 11 is 1.66. The first kappa shape index (κ1) is 24.4. The van der Waals surface area contributed by atoms with Crippen LogP contribution >= 0.6 is 35.3 Å². The maximum Gasteiger partial charge on any atom is 0.224 e. The summed E-state index contributed by atoms with van der Waals surface area (Å²) < 4.78 is 13.1. The molecule has 30 heavy (non-hydrogen) atoms. The first-order valence-electron chi connectivity index (χ1n) is 9.97. The molecule has 0 radical (unpaired) electrons. The highest BCUT2D eigenvalue weighted by atomic mass is 127. The molecule has 0 spiro atoms. The van der Waals surface area contributed by atoms with E-state index in [9.17, 15) is 9.18 Å². The highest BCUT2D eigenvalue weighted by molar-refractivity contribution is 14.0. The Morgan fingerprint density at radius 2 is 1.87 bits per heavy atom. The van der Waals surface area contributed by atoms with Crippen LogP contribution in [0, 0.1) is 5.82 Å². The number of carbonyl (C=O) groups is 1. The topological polar surface area (TPSA) is 60.0 Å². The molecule has 1 amide bonds. The van der Waals surface area contributed by atoms with Gasteiger partial charge in [-0.15, -0.1) is 24.0 Å². The van der Waals surface area contributed by atoms with Gasteiger partial charge in [0.25, 0.3) is 0 Å². The van der Waals surface area contributed by atoms with E-state index < -0.39 is 0 Å². The van der Waals surface area contributed by atoms with Crippen molar-refractivity contribution in [2.45, 2.75) is 19.9 Å². The molecule has 1 saturated heterocycles. The van der Waals surface area contributed by atoms with E-state index in [1.807, 2.05) is 17.2 Å². The van der Waals surface area contributed by atoms with Gasteiger partial charge < -0.3 is 20.4 Å². The van der Waals surface area contributed by atoms with Gasteiger partial charge in [-0.25, -0.2) is 9.38 Å². The zero-order chi connectivity index (χ0) is 20.5. The van der Waals surface area contributed by atoms with Crippen LogP contribution in [-0.2, 0) is 11.3 Å². The van der Waals surface area contributed by atoms with E-state index in [0.717, 1.165) is 31.3 Å². The van der Waals surface area contributed by atoms with Gasteiger partial charge >= 0.3 is 0 Å². The van der Waals surface area contributed by atoms with Crippen LogP contribution in [0.25, 0.3) is 0 Å². The quantitative estimate of drug-likeness (QED) is 0.319. The number of hydrogen-bond donors (Lipinski definition) is 2. The normalized spacial score (nSPS) is 14.3. The largest absolute Gasteiger partial charge is 0.368 e. The van der Waals surface area contributed by atoms with E-state index in [2.05, 4.69) is 32.0 Å². The fraction of sp³-hybridized carbons (Fsp3) is 0.429. The molecular formula is C21H29FIN5OS. The Morgan fingerprint density at radius 3 is 2.50 bits per heavy atom. The van der Waals surface area contributed by atoms with E-state index in [1.165, 1.54) is 17.7 Å². The van der Waals surface area contributed by atoms with E-state index in [0.29, 0.717) is 32.6 Å². The number of halogens is 2. The Kier molecular flexibility index (Phi) is 10.4. The molecule has 1 aliphatic heterocycles. The molecule has 1 aromatic carbocycles. The van der Waals surface area contributed by atoms with Crippen molar-refractivity contribution in [3.63, 3.8) is 0 Å². The number of carbonyl (C=O) groups excluding carboxylic acids is 1. The van der Waals surface area contributed by atoms with Crippen LogP contribution in [-0.4, -0.2) is 56.0 Å². The van der Waals surface area contributed by atoms with Crippen molar-refractivity contribution in [3.05, 3.63) is 52.5 Å². The molecule has 0 bridgehead atoms. The molecule has 3 rings (SSSR count). The summed E-state index contributed by atoms with van der Waals surface area (Å²) in [5.41, 5.74) is 2.18. The van der Waals surface area contributed by atoms with Gasteiger partial charge in [-0.2, -0.15) is 11.3 Å². The predicted octanol–water partition coefficient (Wildman–Crippen LogP) is 3.30. The smallest absolute Gasteiger partial charge is 0.224 e. The summed E-state index contributed by atoms with van der Waals surface area (Å²) in [4.78, 5) is 21.2. The molecule has 1 aliphatic rings. The number of aliphatic imine (C=N–C) groups is 1. The maximum absolute atomic E-state index is 13.1.